The van der Waals surface area contributed by atoms with Crippen molar-refractivity contribution in [3.05, 3.63) is 24.0 Å². The fourth-order valence-electron chi connectivity index (χ4n) is 2.34. The number of aromatic nitrogens is 1. The SMILES string of the molecule is CCCN1CCN(S(=O)(=O)c2ccc(CN)nc2)CC1. The monoisotopic (exact) mass is 298 g/mol. The molecular formula is C13H22N4O2S. The van der Waals surface area contributed by atoms with E-state index in [-0.39, 0.29) is 4.90 Å². The fourth-order valence-corrected chi connectivity index (χ4v) is 3.71. The lowest BCUT2D eigenvalue weighted by molar-refractivity contribution is 0.188. The lowest BCUT2D eigenvalue weighted by atomic mass is 10.3. The second-order valence-corrected chi connectivity index (χ2v) is 6.87. The van der Waals surface area contributed by atoms with Crippen LogP contribution in [0.2, 0.25) is 0 Å². The summed E-state index contributed by atoms with van der Waals surface area (Å²) in [4.78, 5) is 6.60. The van der Waals surface area contributed by atoms with Gasteiger partial charge in [-0.1, -0.05) is 6.92 Å². The molecule has 0 amide bonds. The van der Waals surface area contributed by atoms with E-state index in [1.54, 1.807) is 12.1 Å². The summed E-state index contributed by atoms with van der Waals surface area (Å²) in [6.45, 7) is 6.15. The van der Waals surface area contributed by atoms with Crippen molar-refractivity contribution in [1.29, 1.82) is 0 Å². The van der Waals surface area contributed by atoms with Gasteiger partial charge in [0.05, 0.1) is 5.69 Å². The second-order valence-electron chi connectivity index (χ2n) is 4.94. The Balaban J connectivity index is 2.07. The summed E-state index contributed by atoms with van der Waals surface area (Å²) in [5.41, 5.74) is 6.16. The molecule has 112 valence electrons. The standard InChI is InChI=1S/C13H22N4O2S/c1-2-5-16-6-8-17(9-7-16)20(18,19)13-4-3-12(10-14)15-11-13/h3-4,11H,2,5-10,14H2,1H3. The summed E-state index contributed by atoms with van der Waals surface area (Å²) >= 11 is 0. The van der Waals surface area contributed by atoms with Crippen molar-refractivity contribution in [2.45, 2.75) is 24.8 Å². The van der Waals surface area contributed by atoms with Gasteiger partial charge in [-0.3, -0.25) is 4.98 Å². The van der Waals surface area contributed by atoms with Crippen LogP contribution in [0.4, 0.5) is 0 Å². The second kappa shape index (κ2) is 6.62. The Morgan fingerprint density at radius 3 is 2.45 bits per heavy atom. The predicted molar refractivity (Wildman–Crippen MR) is 77.6 cm³/mol. The van der Waals surface area contributed by atoms with Crippen LogP contribution in [0.5, 0.6) is 0 Å². The number of nitrogens with two attached hydrogens (primary N) is 1. The molecule has 1 aromatic rings. The number of hydrogen-bond acceptors (Lipinski definition) is 5. The number of pyridine rings is 1. The Labute approximate surface area is 120 Å². The van der Waals surface area contributed by atoms with E-state index in [0.29, 0.717) is 25.3 Å². The Morgan fingerprint density at radius 1 is 1.25 bits per heavy atom. The summed E-state index contributed by atoms with van der Waals surface area (Å²) < 4.78 is 26.5. The molecule has 20 heavy (non-hydrogen) atoms. The predicted octanol–water partition coefficient (Wildman–Crippen LogP) is 0.257. The third-order valence-electron chi connectivity index (χ3n) is 3.52. The zero-order valence-corrected chi connectivity index (χ0v) is 12.6. The molecule has 0 radical (unpaired) electrons. The average Bonchev–Trinajstić information content (AvgIpc) is 2.48. The van der Waals surface area contributed by atoms with Crippen molar-refractivity contribution >= 4 is 10.0 Å². The van der Waals surface area contributed by atoms with Gasteiger partial charge in [-0.05, 0) is 25.1 Å². The summed E-state index contributed by atoms with van der Waals surface area (Å²) in [7, 11) is -3.42. The number of sulfonamides is 1. The summed E-state index contributed by atoms with van der Waals surface area (Å²) in [6, 6.07) is 3.25. The maximum atomic E-state index is 12.5. The first-order valence-corrected chi connectivity index (χ1v) is 8.39. The van der Waals surface area contributed by atoms with E-state index in [4.69, 9.17) is 5.73 Å². The summed E-state index contributed by atoms with van der Waals surface area (Å²) in [6.07, 6.45) is 2.49. The largest absolute Gasteiger partial charge is 0.325 e. The molecule has 7 heteroatoms. The molecule has 0 spiro atoms. The first-order valence-electron chi connectivity index (χ1n) is 6.95. The zero-order valence-electron chi connectivity index (χ0n) is 11.8. The molecule has 0 aliphatic carbocycles. The Morgan fingerprint density at radius 2 is 1.95 bits per heavy atom. The molecule has 1 aliphatic heterocycles. The van der Waals surface area contributed by atoms with Crippen LogP contribution in [-0.2, 0) is 16.6 Å². The van der Waals surface area contributed by atoms with Gasteiger partial charge in [-0.25, -0.2) is 8.42 Å². The topological polar surface area (TPSA) is 79.5 Å². The van der Waals surface area contributed by atoms with Crippen molar-refractivity contribution in [3.63, 3.8) is 0 Å². The van der Waals surface area contributed by atoms with E-state index >= 15 is 0 Å². The molecule has 2 heterocycles. The maximum absolute atomic E-state index is 12.5. The third-order valence-corrected chi connectivity index (χ3v) is 5.40. The van der Waals surface area contributed by atoms with Crippen LogP contribution >= 0.6 is 0 Å². The first kappa shape index (κ1) is 15.4. The maximum Gasteiger partial charge on any atom is 0.244 e. The van der Waals surface area contributed by atoms with Gasteiger partial charge in [0.2, 0.25) is 10.0 Å². The molecule has 1 fully saturated rings. The highest BCUT2D eigenvalue weighted by Crippen LogP contribution is 2.17. The molecule has 6 nitrogen and oxygen atoms in total. The minimum atomic E-state index is -3.42. The summed E-state index contributed by atoms with van der Waals surface area (Å²) in [5, 5.41) is 0. The van der Waals surface area contributed by atoms with E-state index in [0.717, 1.165) is 26.1 Å². The van der Waals surface area contributed by atoms with E-state index in [1.807, 2.05) is 0 Å². The van der Waals surface area contributed by atoms with Crippen LogP contribution in [0, 0.1) is 0 Å². The third kappa shape index (κ3) is 3.35. The zero-order chi connectivity index (χ0) is 14.6. The Bertz CT molecular complexity index is 522. The molecule has 2 N–H and O–H groups in total. The van der Waals surface area contributed by atoms with Crippen LogP contribution < -0.4 is 5.73 Å². The molecule has 0 saturated carbocycles. The van der Waals surface area contributed by atoms with Crippen molar-refractivity contribution in [2.75, 3.05) is 32.7 Å². The molecule has 0 aromatic carbocycles. The Hall–Kier alpha value is -1.02. The molecule has 1 aliphatic rings. The highest BCUT2D eigenvalue weighted by atomic mass is 32.2. The molecular weight excluding hydrogens is 276 g/mol. The lowest BCUT2D eigenvalue weighted by Crippen LogP contribution is -2.48. The van der Waals surface area contributed by atoms with Crippen LogP contribution in [0.15, 0.2) is 23.2 Å². The van der Waals surface area contributed by atoms with E-state index in [2.05, 4.69) is 16.8 Å². The van der Waals surface area contributed by atoms with Crippen molar-refractivity contribution in [2.24, 2.45) is 5.73 Å². The van der Waals surface area contributed by atoms with Crippen molar-refractivity contribution in [3.8, 4) is 0 Å². The minimum absolute atomic E-state index is 0.249. The molecule has 0 unspecified atom stereocenters. The number of piperazine rings is 1. The van der Waals surface area contributed by atoms with Gasteiger partial charge in [0.1, 0.15) is 4.90 Å². The van der Waals surface area contributed by atoms with Crippen molar-refractivity contribution in [1.82, 2.24) is 14.2 Å². The van der Waals surface area contributed by atoms with Gasteiger partial charge in [-0.15, -0.1) is 0 Å². The van der Waals surface area contributed by atoms with Gasteiger partial charge < -0.3 is 10.6 Å². The van der Waals surface area contributed by atoms with Crippen LogP contribution in [0.3, 0.4) is 0 Å². The number of hydrogen-bond donors (Lipinski definition) is 1. The smallest absolute Gasteiger partial charge is 0.244 e. The Kier molecular flexibility index (Phi) is 5.09. The highest BCUT2D eigenvalue weighted by molar-refractivity contribution is 7.89. The van der Waals surface area contributed by atoms with E-state index in [1.165, 1.54) is 10.5 Å². The van der Waals surface area contributed by atoms with E-state index < -0.39 is 10.0 Å². The lowest BCUT2D eigenvalue weighted by Gasteiger charge is -2.33. The van der Waals surface area contributed by atoms with Crippen LogP contribution in [0.1, 0.15) is 19.0 Å². The average molecular weight is 298 g/mol. The molecule has 1 saturated heterocycles. The number of nitrogens with zero attached hydrogens (tertiary/aromatic N) is 3. The van der Waals surface area contributed by atoms with Crippen molar-refractivity contribution < 1.29 is 8.42 Å². The van der Waals surface area contributed by atoms with Gasteiger partial charge in [-0.2, -0.15) is 4.31 Å². The first-order chi connectivity index (χ1) is 9.57. The quantitative estimate of drug-likeness (QED) is 0.843. The van der Waals surface area contributed by atoms with Gasteiger partial charge in [0, 0.05) is 38.9 Å². The molecule has 1 aromatic heterocycles. The van der Waals surface area contributed by atoms with Gasteiger partial charge in [0.15, 0.2) is 0 Å². The van der Waals surface area contributed by atoms with Gasteiger partial charge in [0.25, 0.3) is 0 Å². The highest BCUT2D eigenvalue weighted by Gasteiger charge is 2.28. The van der Waals surface area contributed by atoms with Gasteiger partial charge >= 0.3 is 0 Å². The fraction of sp³-hybridized carbons (Fsp3) is 0.615. The molecule has 0 atom stereocenters. The normalized spacial score (nSPS) is 18.3. The molecule has 0 bridgehead atoms. The van der Waals surface area contributed by atoms with E-state index in [9.17, 15) is 8.42 Å². The van der Waals surface area contributed by atoms with Crippen LogP contribution in [0.25, 0.3) is 0 Å². The van der Waals surface area contributed by atoms with Crippen LogP contribution in [-0.4, -0.2) is 55.3 Å². The minimum Gasteiger partial charge on any atom is -0.325 e. The summed E-state index contributed by atoms with van der Waals surface area (Å²) in [5.74, 6) is 0. The number of rotatable bonds is 5. The molecule has 2 rings (SSSR count).